The zero-order valence-electron chi connectivity index (χ0n) is 15.0. The zero-order chi connectivity index (χ0) is 19.6. The smallest absolute Gasteiger partial charge is 0.335 e. The summed E-state index contributed by atoms with van der Waals surface area (Å²) in [6.45, 7) is 3.66. The second kappa shape index (κ2) is 10.1. The molecule has 2 amide bonds. The van der Waals surface area contributed by atoms with Crippen molar-refractivity contribution < 1.29 is 24.2 Å². The van der Waals surface area contributed by atoms with Crippen LogP contribution in [0.5, 0.6) is 0 Å². The van der Waals surface area contributed by atoms with Gasteiger partial charge >= 0.3 is 5.97 Å². The van der Waals surface area contributed by atoms with E-state index in [0.717, 1.165) is 6.42 Å². The van der Waals surface area contributed by atoms with Crippen LogP contribution in [-0.2, 0) is 4.74 Å². The monoisotopic (exact) mass is 370 g/mol. The Morgan fingerprint density at radius 1 is 0.963 bits per heavy atom. The number of benzene rings is 2. The highest BCUT2D eigenvalue weighted by Crippen LogP contribution is 2.13. The summed E-state index contributed by atoms with van der Waals surface area (Å²) < 4.78 is 5.22. The van der Waals surface area contributed by atoms with Gasteiger partial charge in [0.1, 0.15) is 0 Å². The Hall–Kier alpha value is -3.19. The van der Waals surface area contributed by atoms with Crippen molar-refractivity contribution in [1.82, 2.24) is 5.32 Å². The fourth-order valence-corrected chi connectivity index (χ4v) is 2.33. The third kappa shape index (κ3) is 6.23. The second-order valence-electron chi connectivity index (χ2n) is 5.72. The number of carboxylic acids is 1. The van der Waals surface area contributed by atoms with E-state index in [1.807, 2.05) is 6.92 Å². The summed E-state index contributed by atoms with van der Waals surface area (Å²) in [4.78, 5) is 35.3. The number of carbonyl (C=O) groups is 3. The van der Waals surface area contributed by atoms with E-state index in [2.05, 4.69) is 10.6 Å². The molecule has 0 heterocycles. The molecule has 0 saturated heterocycles. The van der Waals surface area contributed by atoms with Crippen molar-refractivity contribution in [3.8, 4) is 0 Å². The van der Waals surface area contributed by atoms with Gasteiger partial charge in [0.05, 0.1) is 5.56 Å². The summed E-state index contributed by atoms with van der Waals surface area (Å²) in [6, 6.07) is 12.2. The average Bonchev–Trinajstić information content (AvgIpc) is 2.68. The van der Waals surface area contributed by atoms with Crippen LogP contribution in [0.2, 0.25) is 0 Å². The lowest BCUT2D eigenvalue weighted by Crippen LogP contribution is -2.25. The fourth-order valence-electron chi connectivity index (χ4n) is 2.33. The molecule has 2 rings (SSSR count). The third-order valence-corrected chi connectivity index (χ3v) is 3.73. The number of anilines is 1. The molecule has 0 aliphatic carbocycles. The molecule has 3 N–H and O–H groups in total. The molecule has 0 aromatic heterocycles. The summed E-state index contributed by atoms with van der Waals surface area (Å²) >= 11 is 0. The van der Waals surface area contributed by atoms with Crippen molar-refractivity contribution in [2.24, 2.45) is 0 Å². The van der Waals surface area contributed by atoms with Crippen molar-refractivity contribution >= 4 is 23.5 Å². The summed E-state index contributed by atoms with van der Waals surface area (Å²) in [5, 5.41) is 14.4. The molecule has 0 radical (unpaired) electrons. The standard InChI is InChI=1S/C20H22N2O5/c1-2-27-12-4-11-21-18(23)16-5-3-6-17(13-16)22-19(24)14-7-9-15(10-8-14)20(25)26/h3,5-10,13H,2,4,11-12H2,1H3,(H,21,23)(H,22,24)(H,25,26). The molecule has 0 aliphatic rings. The highest BCUT2D eigenvalue weighted by molar-refractivity contribution is 6.05. The van der Waals surface area contributed by atoms with E-state index in [1.165, 1.54) is 24.3 Å². The maximum Gasteiger partial charge on any atom is 0.335 e. The maximum atomic E-state index is 12.3. The van der Waals surface area contributed by atoms with Crippen LogP contribution in [0.15, 0.2) is 48.5 Å². The number of rotatable bonds is 9. The molecule has 0 spiro atoms. The molecule has 0 saturated carbocycles. The van der Waals surface area contributed by atoms with E-state index < -0.39 is 5.97 Å². The van der Waals surface area contributed by atoms with Crippen LogP contribution in [0.3, 0.4) is 0 Å². The molecular weight excluding hydrogens is 348 g/mol. The Labute approximate surface area is 157 Å². The molecule has 0 unspecified atom stereocenters. The summed E-state index contributed by atoms with van der Waals surface area (Å²) in [7, 11) is 0. The van der Waals surface area contributed by atoms with E-state index in [1.54, 1.807) is 24.3 Å². The summed E-state index contributed by atoms with van der Waals surface area (Å²) in [5.74, 6) is -1.67. The molecule has 0 aliphatic heterocycles. The minimum Gasteiger partial charge on any atom is -0.478 e. The van der Waals surface area contributed by atoms with Gasteiger partial charge in [-0.15, -0.1) is 0 Å². The van der Waals surface area contributed by atoms with Gasteiger partial charge in [-0.1, -0.05) is 6.07 Å². The number of carbonyl (C=O) groups excluding carboxylic acids is 2. The molecule has 0 atom stereocenters. The first kappa shape index (κ1) is 20.1. The number of hydrogen-bond donors (Lipinski definition) is 3. The van der Waals surface area contributed by atoms with Gasteiger partial charge < -0.3 is 20.5 Å². The van der Waals surface area contributed by atoms with Crippen LogP contribution < -0.4 is 10.6 Å². The normalized spacial score (nSPS) is 10.3. The minimum absolute atomic E-state index is 0.106. The van der Waals surface area contributed by atoms with E-state index in [0.29, 0.717) is 36.6 Å². The first-order valence-corrected chi connectivity index (χ1v) is 8.62. The first-order chi connectivity index (χ1) is 13.0. The molecule has 0 bridgehead atoms. The molecular formula is C20H22N2O5. The SMILES string of the molecule is CCOCCCNC(=O)c1cccc(NC(=O)c2ccc(C(=O)O)cc2)c1. The van der Waals surface area contributed by atoms with Crippen molar-refractivity contribution in [2.45, 2.75) is 13.3 Å². The van der Waals surface area contributed by atoms with Crippen molar-refractivity contribution in [1.29, 1.82) is 0 Å². The summed E-state index contributed by atoms with van der Waals surface area (Å²) in [5.41, 5.74) is 1.34. The zero-order valence-corrected chi connectivity index (χ0v) is 15.0. The second-order valence-corrected chi connectivity index (χ2v) is 5.72. The van der Waals surface area contributed by atoms with Gasteiger partial charge in [-0.3, -0.25) is 9.59 Å². The Bertz CT molecular complexity index is 802. The largest absolute Gasteiger partial charge is 0.478 e. The number of hydrogen-bond acceptors (Lipinski definition) is 4. The Morgan fingerprint density at radius 2 is 1.67 bits per heavy atom. The molecule has 27 heavy (non-hydrogen) atoms. The van der Waals surface area contributed by atoms with Crippen molar-refractivity contribution in [3.05, 3.63) is 65.2 Å². The number of aromatic carboxylic acids is 1. The molecule has 2 aromatic carbocycles. The molecule has 2 aromatic rings. The summed E-state index contributed by atoms with van der Waals surface area (Å²) in [6.07, 6.45) is 0.725. The van der Waals surface area contributed by atoms with Crippen LogP contribution >= 0.6 is 0 Å². The van der Waals surface area contributed by atoms with Gasteiger partial charge in [0.15, 0.2) is 0 Å². The van der Waals surface area contributed by atoms with Crippen LogP contribution in [0, 0.1) is 0 Å². The Balaban J connectivity index is 1.95. The van der Waals surface area contributed by atoms with E-state index in [4.69, 9.17) is 9.84 Å². The predicted molar refractivity (Wildman–Crippen MR) is 101 cm³/mol. The highest BCUT2D eigenvalue weighted by atomic mass is 16.5. The van der Waals surface area contributed by atoms with E-state index in [9.17, 15) is 14.4 Å². The third-order valence-electron chi connectivity index (χ3n) is 3.73. The predicted octanol–water partition coefficient (Wildman–Crippen LogP) is 2.79. The maximum absolute atomic E-state index is 12.3. The van der Waals surface area contributed by atoms with Gasteiger partial charge in [-0.05, 0) is 55.8 Å². The van der Waals surface area contributed by atoms with Crippen molar-refractivity contribution in [3.63, 3.8) is 0 Å². The number of amides is 2. The first-order valence-electron chi connectivity index (χ1n) is 8.62. The molecule has 0 fully saturated rings. The van der Waals surface area contributed by atoms with Crippen LogP contribution in [-0.4, -0.2) is 42.6 Å². The quantitative estimate of drug-likeness (QED) is 0.589. The lowest BCUT2D eigenvalue weighted by atomic mass is 10.1. The fraction of sp³-hybridized carbons (Fsp3) is 0.250. The lowest BCUT2D eigenvalue weighted by Gasteiger charge is -2.09. The average molecular weight is 370 g/mol. The number of ether oxygens (including phenoxy) is 1. The Kier molecular flexibility index (Phi) is 7.51. The van der Waals surface area contributed by atoms with E-state index >= 15 is 0 Å². The van der Waals surface area contributed by atoms with Gasteiger partial charge in [0.25, 0.3) is 11.8 Å². The van der Waals surface area contributed by atoms with Gasteiger partial charge in [0, 0.05) is 36.6 Å². The van der Waals surface area contributed by atoms with Crippen LogP contribution in [0.4, 0.5) is 5.69 Å². The highest BCUT2D eigenvalue weighted by Gasteiger charge is 2.10. The molecule has 7 heteroatoms. The lowest BCUT2D eigenvalue weighted by molar-refractivity contribution is 0.0696. The minimum atomic E-state index is -1.05. The molecule has 7 nitrogen and oxygen atoms in total. The van der Waals surface area contributed by atoms with Gasteiger partial charge in [-0.25, -0.2) is 4.79 Å². The van der Waals surface area contributed by atoms with E-state index in [-0.39, 0.29) is 17.4 Å². The van der Waals surface area contributed by atoms with Crippen molar-refractivity contribution in [2.75, 3.05) is 25.1 Å². The number of nitrogens with one attached hydrogen (secondary N) is 2. The Morgan fingerprint density at radius 3 is 2.33 bits per heavy atom. The number of carboxylic acid groups (broad SMARTS) is 1. The topological polar surface area (TPSA) is 105 Å². The van der Waals surface area contributed by atoms with Gasteiger partial charge in [-0.2, -0.15) is 0 Å². The molecule has 142 valence electrons. The van der Waals surface area contributed by atoms with Crippen LogP contribution in [0.25, 0.3) is 0 Å². The van der Waals surface area contributed by atoms with Crippen LogP contribution in [0.1, 0.15) is 44.4 Å². The van der Waals surface area contributed by atoms with Gasteiger partial charge in [0.2, 0.25) is 0 Å².